The smallest absolute Gasteiger partial charge is 0.317 e. The normalized spacial score (nSPS) is 18.5. The van der Waals surface area contributed by atoms with Gasteiger partial charge in [0, 0.05) is 58.4 Å². The number of piperazine rings is 1. The minimum Gasteiger partial charge on any atom is -0.490 e. The van der Waals surface area contributed by atoms with Gasteiger partial charge < -0.3 is 19.7 Å². The van der Waals surface area contributed by atoms with E-state index in [4.69, 9.17) is 9.47 Å². The highest BCUT2D eigenvalue weighted by Crippen LogP contribution is 2.30. The van der Waals surface area contributed by atoms with E-state index in [0.29, 0.717) is 19.8 Å². The molecule has 1 aromatic carbocycles. The van der Waals surface area contributed by atoms with E-state index in [9.17, 15) is 23.3 Å². The number of benzene rings is 1. The van der Waals surface area contributed by atoms with Crippen molar-refractivity contribution in [2.45, 2.75) is 4.90 Å². The average molecular weight is 458 g/mol. The summed E-state index contributed by atoms with van der Waals surface area (Å²) >= 11 is 0. The number of ether oxygens (including phenoxy) is 2. The number of methoxy groups -OCH3 is 1. The Labute approximate surface area is 180 Å². The summed E-state index contributed by atoms with van der Waals surface area (Å²) in [7, 11) is -2.65. The van der Waals surface area contributed by atoms with Crippen LogP contribution in [0.2, 0.25) is 0 Å². The first-order chi connectivity index (χ1) is 14.8. The lowest BCUT2D eigenvalue weighted by Crippen LogP contribution is -2.53. The number of nitrogens with one attached hydrogen (secondary N) is 1. The largest absolute Gasteiger partial charge is 0.490 e. The minimum absolute atomic E-state index is 0.0116. The summed E-state index contributed by atoms with van der Waals surface area (Å²) in [6, 6.07) is 3.32. The number of hydrogen-bond acceptors (Lipinski definition) is 8. The lowest BCUT2D eigenvalue weighted by atomic mass is 10.3. The molecule has 0 spiro atoms. The maximum Gasteiger partial charge on any atom is 0.317 e. The van der Waals surface area contributed by atoms with Gasteiger partial charge in [-0.2, -0.15) is 4.31 Å². The van der Waals surface area contributed by atoms with Gasteiger partial charge in [0.15, 0.2) is 5.75 Å². The zero-order valence-corrected chi connectivity index (χ0v) is 18.2. The summed E-state index contributed by atoms with van der Waals surface area (Å²) in [5.74, 6) is -0.0116. The number of sulfonamides is 1. The molecular weight excluding hydrogens is 430 g/mol. The zero-order valence-electron chi connectivity index (χ0n) is 17.4. The summed E-state index contributed by atoms with van der Waals surface area (Å²) < 4.78 is 37.3. The van der Waals surface area contributed by atoms with Gasteiger partial charge in [-0.3, -0.25) is 15.0 Å². The highest BCUT2D eigenvalue weighted by Gasteiger charge is 2.32. The van der Waals surface area contributed by atoms with E-state index >= 15 is 0 Å². The van der Waals surface area contributed by atoms with Crippen molar-refractivity contribution in [3.63, 3.8) is 0 Å². The molecule has 12 nitrogen and oxygen atoms in total. The highest BCUT2D eigenvalue weighted by molar-refractivity contribution is 7.89. The Morgan fingerprint density at radius 1 is 1.19 bits per heavy atom. The SMILES string of the molecule is COc1ccc(S(=O)(=O)N2CCN(C(=O)NCCN3CCOCC3)CC2)cc1[N+](=O)[O-]. The summed E-state index contributed by atoms with van der Waals surface area (Å²) in [5, 5.41) is 14.1. The van der Waals surface area contributed by atoms with Crippen LogP contribution in [-0.2, 0) is 14.8 Å². The molecule has 1 aromatic rings. The maximum absolute atomic E-state index is 12.9. The van der Waals surface area contributed by atoms with E-state index < -0.39 is 20.6 Å². The van der Waals surface area contributed by atoms with Gasteiger partial charge >= 0.3 is 11.7 Å². The van der Waals surface area contributed by atoms with Crippen LogP contribution < -0.4 is 10.1 Å². The van der Waals surface area contributed by atoms with Crippen LogP contribution in [0.5, 0.6) is 5.75 Å². The Bertz CT molecular complexity index is 897. The number of hydrogen-bond donors (Lipinski definition) is 1. The molecule has 2 aliphatic heterocycles. The van der Waals surface area contributed by atoms with Crippen molar-refractivity contribution < 1.29 is 27.6 Å². The van der Waals surface area contributed by atoms with Crippen molar-refractivity contribution in [1.29, 1.82) is 0 Å². The van der Waals surface area contributed by atoms with E-state index in [0.717, 1.165) is 25.7 Å². The summed E-state index contributed by atoms with van der Waals surface area (Å²) in [6.45, 7) is 5.02. The van der Waals surface area contributed by atoms with Crippen LogP contribution in [-0.4, -0.2) is 106 Å². The molecule has 31 heavy (non-hydrogen) atoms. The molecule has 0 aliphatic carbocycles. The monoisotopic (exact) mass is 457 g/mol. The standard InChI is InChI=1S/C18H27N5O7S/c1-29-17-3-2-15(14-16(17)23(25)26)31(27,28)22-8-6-21(7-9-22)18(24)19-4-5-20-10-12-30-13-11-20/h2-3,14H,4-13H2,1H3,(H,19,24). The number of carbonyl (C=O) groups is 1. The van der Waals surface area contributed by atoms with Gasteiger partial charge in [0.05, 0.1) is 30.1 Å². The van der Waals surface area contributed by atoms with E-state index in [-0.39, 0.29) is 42.9 Å². The fourth-order valence-corrected chi connectivity index (χ4v) is 4.95. The second kappa shape index (κ2) is 10.2. The van der Waals surface area contributed by atoms with Crippen LogP contribution in [0.4, 0.5) is 10.5 Å². The molecule has 0 aromatic heterocycles. The number of nitrogens with zero attached hydrogens (tertiary/aromatic N) is 4. The third-order valence-corrected chi connectivity index (χ3v) is 7.21. The zero-order chi connectivity index (χ0) is 22.4. The van der Waals surface area contributed by atoms with Crippen molar-refractivity contribution >= 4 is 21.7 Å². The summed E-state index contributed by atoms with van der Waals surface area (Å²) in [5.41, 5.74) is -0.415. The molecule has 172 valence electrons. The van der Waals surface area contributed by atoms with Gasteiger partial charge in [0.2, 0.25) is 10.0 Å². The van der Waals surface area contributed by atoms with Gasteiger partial charge in [-0.15, -0.1) is 0 Å². The quantitative estimate of drug-likeness (QED) is 0.445. The van der Waals surface area contributed by atoms with Gasteiger partial charge in [-0.05, 0) is 12.1 Å². The van der Waals surface area contributed by atoms with E-state index in [1.165, 1.54) is 23.5 Å². The Hall–Kier alpha value is -2.48. The number of nitro groups is 1. The molecule has 0 radical (unpaired) electrons. The Kier molecular flexibility index (Phi) is 7.64. The molecule has 13 heteroatoms. The number of nitro benzene ring substituents is 1. The number of amides is 2. The van der Waals surface area contributed by atoms with Crippen LogP contribution in [0.15, 0.2) is 23.1 Å². The van der Waals surface area contributed by atoms with Crippen molar-refractivity contribution in [1.82, 2.24) is 19.4 Å². The van der Waals surface area contributed by atoms with Crippen LogP contribution in [0.25, 0.3) is 0 Å². The molecule has 0 saturated carbocycles. The molecule has 1 N–H and O–H groups in total. The van der Waals surface area contributed by atoms with Gasteiger partial charge in [-0.25, -0.2) is 13.2 Å². The Morgan fingerprint density at radius 3 is 2.48 bits per heavy atom. The van der Waals surface area contributed by atoms with E-state index in [1.54, 1.807) is 4.90 Å². The molecule has 2 amide bonds. The third kappa shape index (κ3) is 5.61. The van der Waals surface area contributed by atoms with Gasteiger partial charge in [0.1, 0.15) is 0 Å². The predicted octanol–water partition coefficient (Wildman–Crippen LogP) is -0.0485. The third-order valence-electron chi connectivity index (χ3n) is 5.32. The number of rotatable bonds is 7. The predicted molar refractivity (Wildman–Crippen MR) is 111 cm³/mol. The van der Waals surface area contributed by atoms with Crippen molar-refractivity contribution in [3.8, 4) is 5.75 Å². The fourth-order valence-electron chi connectivity index (χ4n) is 3.51. The lowest BCUT2D eigenvalue weighted by molar-refractivity contribution is -0.386. The maximum atomic E-state index is 12.9. The molecule has 2 heterocycles. The van der Waals surface area contributed by atoms with E-state index in [1.807, 2.05) is 0 Å². The number of carbonyl (C=O) groups excluding carboxylic acids is 1. The number of urea groups is 1. The lowest BCUT2D eigenvalue weighted by Gasteiger charge is -2.34. The Balaban J connectivity index is 1.54. The van der Waals surface area contributed by atoms with Crippen LogP contribution in [0.1, 0.15) is 0 Å². The molecule has 3 rings (SSSR count). The van der Waals surface area contributed by atoms with Gasteiger partial charge in [-0.1, -0.05) is 0 Å². The van der Waals surface area contributed by atoms with Gasteiger partial charge in [0.25, 0.3) is 0 Å². The van der Waals surface area contributed by atoms with Crippen molar-refractivity contribution in [3.05, 3.63) is 28.3 Å². The first-order valence-corrected chi connectivity index (χ1v) is 11.4. The molecular formula is C18H27N5O7S. The van der Waals surface area contributed by atoms with Crippen LogP contribution >= 0.6 is 0 Å². The molecule has 0 bridgehead atoms. The Morgan fingerprint density at radius 2 is 1.87 bits per heavy atom. The molecule has 2 saturated heterocycles. The molecule has 2 aliphatic rings. The fraction of sp³-hybridized carbons (Fsp3) is 0.611. The first kappa shape index (κ1) is 23.2. The highest BCUT2D eigenvalue weighted by atomic mass is 32.2. The second-order valence-corrected chi connectivity index (χ2v) is 9.11. The molecule has 2 fully saturated rings. The minimum atomic E-state index is -3.93. The first-order valence-electron chi connectivity index (χ1n) is 9.98. The van der Waals surface area contributed by atoms with E-state index in [2.05, 4.69) is 10.2 Å². The molecule has 0 atom stereocenters. The second-order valence-electron chi connectivity index (χ2n) is 7.17. The molecule has 0 unspecified atom stereocenters. The topological polar surface area (TPSA) is 135 Å². The van der Waals surface area contributed by atoms with Crippen molar-refractivity contribution in [2.24, 2.45) is 0 Å². The van der Waals surface area contributed by atoms with Crippen molar-refractivity contribution in [2.75, 3.05) is 72.7 Å². The van der Waals surface area contributed by atoms with Crippen LogP contribution in [0.3, 0.4) is 0 Å². The summed E-state index contributed by atoms with van der Waals surface area (Å²) in [6.07, 6.45) is 0. The average Bonchev–Trinajstić information content (AvgIpc) is 2.79. The summed E-state index contributed by atoms with van der Waals surface area (Å²) in [4.78, 5) is 26.5. The number of morpholine rings is 1. The van der Waals surface area contributed by atoms with Crippen LogP contribution in [0, 0.1) is 10.1 Å².